The van der Waals surface area contributed by atoms with E-state index in [1.807, 2.05) is 0 Å². The monoisotopic (exact) mass is 233 g/mol. The van der Waals surface area contributed by atoms with Crippen LogP contribution in [0.15, 0.2) is 35.7 Å². The van der Waals surface area contributed by atoms with Crippen LogP contribution in [0.25, 0.3) is 0 Å². The van der Waals surface area contributed by atoms with Crippen LogP contribution in [-0.2, 0) is 0 Å². The van der Waals surface area contributed by atoms with Gasteiger partial charge in [0.2, 0.25) is 0 Å². The Morgan fingerprint density at radius 1 is 1.24 bits per heavy atom. The second-order valence-corrected chi connectivity index (χ2v) is 4.04. The van der Waals surface area contributed by atoms with Gasteiger partial charge in [0.25, 0.3) is 5.70 Å². The predicted molar refractivity (Wildman–Crippen MR) is 62.0 cm³/mol. The molecule has 0 heterocycles. The molecular formula is C12H13N2O3-. The highest BCUT2D eigenvalue weighted by atomic mass is 16.6. The largest absolute Gasteiger partial charge is 0.872 e. The highest BCUT2D eigenvalue weighted by molar-refractivity contribution is 5.51. The zero-order chi connectivity index (χ0) is 12.3. The third-order valence-corrected chi connectivity index (χ3v) is 2.79. The summed E-state index contributed by atoms with van der Waals surface area (Å²) in [7, 11) is 0. The zero-order valence-electron chi connectivity index (χ0n) is 9.31. The molecule has 1 aromatic carbocycles. The van der Waals surface area contributed by atoms with Gasteiger partial charge in [0.1, 0.15) is 0 Å². The fourth-order valence-electron chi connectivity index (χ4n) is 1.97. The quantitative estimate of drug-likeness (QED) is 0.641. The molecule has 1 N–H and O–H groups in total. The first-order valence-electron chi connectivity index (χ1n) is 5.57. The SMILES string of the molecule is O=[N+]([O-])C1=C(Nc2cccc([O-])c2)CCCC1. The van der Waals surface area contributed by atoms with Crippen molar-refractivity contribution < 1.29 is 10.0 Å². The van der Waals surface area contributed by atoms with Gasteiger partial charge in [0.15, 0.2) is 0 Å². The summed E-state index contributed by atoms with van der Waals surface area (Å²) in [5.41, 5.74) is 1.49. The molecule has 17 heavy (non-hydrogen) atoms. The van der Waals surface area contributed by atoms with Crippen molar-refractivity contribution in [3.63, 3.8) is 0 Å². The Hall–Kier alpha value is -2.04. The van der Waals surface area contributed by atoms with Crippen LogP contribution in [0.3, 0.4) is 0 Å². The van der Waals surface area contributed by atoms with E-state index in [9.17, 15) is 15.2 Å². The Kier molecular flexibility index (Phi) is 3.27. The first kappa shape index (κ1) is 11.4. The lowest BCUT2D eigenvalue weighted by Gasteiger charge is -2.17. The van der Waals surface area contributed by atoms with E-state index in [-0.39, 0.29) is 16.4 Å². The van der Waals surface area contributed by atoms with E-state index in [4.69, 9.17) is 0 Å². The van der Waals surface area contributed by atoms with Gasteiger partial charge in [-0.2, -0.15) is 0 Å². The Labute approximate surface area is 98.9 Å². The summed E-state index contributed by atoms with van der Waals surface area (Å²) in [5.74, 6) is -0.103. The van der Waals surface area contributed by atoms with Gasteiger partial charge in [-0.1, -0.05) is 12.1 Å². The molecule has 0 unspecified atom stereocenters. The average molecular weight is 233 g/mol. The molecule has 0 fully saturated rings. The molecule has 1 aromatic rings. The van der Waals surface area contributed by atoms with Crippen LogP contribution in [0.5, 0.6) is 5.75 Å². The van der Waals surface area contributed by atoms with Gasteiger partial charge < -0.3 is 10.4 Å². The van der Waals surface area contributed by atoms with Crippen LogP contribution in [-0.4, -0.2) is 4.92 Å². The molecular weight excluding hydrogens is 220 g/mol. The summed E-state index contributed by atoms with van der Waals surface area (Å²) in [6, 6.07) is 6.27. The third-order valence-electron chi connectivity index (χ3n) is 2.79. The summed E-state index contributed by atoms with van der Waals surface area (Å²) < 4.78 is 0. The Balaban J connectivity index is 2.24. The van der Waals surface area contributed by atoms with Crippen LogP contribution < -0.4 is 10.4 Å². The molecule has 0 aromatic heterocycles. The van der Waals surface area contributed by atoms with Gasteiger partial charge in [0, 0.05) is 12.1 Å². The summed E-state index contributed by atoms with van der Waals surface area (Å²) in [5, 5.41) is 25.0. The summed E-state index contributed by atoms with van der Waals surface area (Å²) >= 11 is 0. The number of nitrogens with one attached hydrogen (secondary N) is 1. The number of allylic oxidation sites excluding steroid dienone is 2. The number of benzene rings is 1. The fourth-order valence-corrected chi connectivity index (χ4v) is 1.97. The maximum absolute atomic E-state index is 11.2. The maximum atomic E-state index is 11.2. The molecule has 0 amide bonds. The predicted octanol–water partition coefficient (Wildman–Crippen LogP) is 2.23. The van der Waals surface area contributed by atoms with E-state index in [0.717, 1.165) is 12.8 Å². The van der Waals surface area contributed by atoms with Crippen molar-refractivity contribution in [2.45, 2.75) is 25.7 Å². The van der Waals surface area contributed by atoms with Gasteiger partial charge in [0.05, 0.1) is 10.6 Å². The number of nitrogens with zero attached hydrogens (tertiary/aromatic N) is 1. The second kappa shape index (κ2) is 4.86. The minimum absolute atomic E-state index is 0.103. The van der Waals surface area contributed by atoms with Gasteiger partial charge in [-0.25, -0.2) is 0 Å². The minimum atomic E-state index is -0.331. The number of rotatable bonds is 3. The van der Waals surface area contributed by atoms with Crippen LogP contribution in [0.2, 0.25) is 0 Å². The van der Waals surface area contributed by atoms with E-state index in [1.54, 1.807) is 12.1 Å². The number of nitro groups is 1. The molecule has 1 aliphatic carbocycles. The van der Waals surface area contributed by atoms with Crippen molar-refractivity contribution in [3.8, 4) is 5.75 Å². The molecule has 90 valence electrons. The van der Waals surface area contributed by atoms with Crippen molar-refractivity contribution >= 4 is 5.69 Å². The van der Waals surface area contributed by atoms with Crippen molar-refractivity contribution in [2.24, 2.45) is 0 Å². The van der Waals surface area contributed by atoms with E-state index in [2.05, 4.69) is 5.32 Å². The number of hydrogen-bond acceptors (Lipinski definition) is 4. The molecule has 0 saturated heterocycles. The van der Waals surface area contributed by atoms with Crippen molar-refractivity contribution in [3.05, 3.63) is 45.8 Å². The van der Waals surface area contributed by atoms with Crippen molar-refractivity contribution in [1.29, 1.82) is 0 Å². The molecule has 5 nitrogen and oxygen atoms in total. The highest BCUT2D eigenvalue weighted by Crippen LogP contribution is 2.27. The molecule has 1 aliphatic rings. The lowest BCUT2D eigenvalue weighted by molar-refractivity contribution is -0.430. The summed E-state index contributed by atoms with van der Waals surface area (Å²) in [4.78, 5) is 10.5. The van der Waals surface area contributed by atoms with Crippen LogP contribution in [0, 0.1) is 10.1 Å². The van der Waals surface area contributed by atoms with Gasteiger partial charge in [-0.05, 0) is 31.4 Å². The number of hydrogen-bond donors (Lipinski definition) is 1. The van der Waals surface area contributed by atoms with E-state index >= 15 is 0 Å². The summed E-state index contributed by atoms with van der Waals surface area (Å²) in [6.45, 7) is 0. The lowest BCUT2D eigenvalue weighted by atomic mass is 10.0. The zero-order valence-corrected chi connectivity index (χ0v) is 9.31. The Morgan fingerprint density at radius 3 is 2.71 bits per heavy atom. The number of anilines is 1. The fraction of sp³-hybridized carbons (Fsp3) is 0.333. The molecule has 0 bridgehead atoms. The van der Waals surface area contributed by atoms with E-state index in [1.165, 1.54) is 12.1 Å². The van der Waals surface area contributed by atoms with Crippen molar-refractivity contribution in [2.75, 3.05) is 5.32 Å². The van der Waals surface area contributed by atoms with Gasteiger partial charge in [-0.3, -0.25) is 10.1 Å². The molecule has 0 aliphatic heterocycles. The second-order valence-electron chi connectivity index (χ2n) is 4.04. The average Bonchev–Trinajstić information content (AvgIpc) is 2.29. The maximum Gasteiger partial charge on any atom is 0.265 e. The normalized spacial score (nSPS) is 15.8. The van der Waals surface area contributed by atoms with E-state index < -0.39 is 0 Å². The first-order valence-corrected chi connectivity index (χ1v) is 5.57. The van der Waals surface area contributed by atoms with Crippen molar-refractivity contribution in [1.82, 2.24) is 0 Å². The highest BCUT2D eigenvalue weighted by Gasteiger charge is 2.22. The molecule has 2 rings (SSSR count). The van der Waals surface area contributed by atoms with Crippen LogP contribution in [0.1, 0.15) is 25.7 Å². The molecule has 0 spiro atoms. The summed E-state index contributed by atoms with van der Waals surface area (Å²) in [6.07, 6.45) is 2.95. The lowest BCUT2D eigenvalue weighted by Crippen LogP contribution is -2.13. The Bertz CT molecular complexity index is 469. The topological polar surface area (TPSA) is 78.2 Å². The minimum Gasteiger partial charge on any atom is -0.872 e. The molecule has 0 radical (unpaired) electrons. The van der Waals surface area contributed by atoms with Crippen LogP contribution in [0.4, 0.5) is 5.69 Å². The van der Waals surface area contributed by atoms with Gasteiger partial charge in [-0.15, -0.1) is 5.75 Å². The third kappa shape index (κ3) is 2.75. The van der Waals surface area contributed by atoms with Crippen LogP contribution >= 0.6 is 0 Å². The van der Waals surface area contributed by atoms with E-state index in [0.29, 0.717) is 24.2 Å². The molecule has 0 atom stereocenters. The molecule has 5 heteroatoms. The Morgan fingerprint density at radius 2 is 2.00 bits per heavy atom. The van der Waals surface area contributed by atoms with Gasteiger partial charge >= 0.3 is 0 Å². The standard InChI is InChI=1S/C12H14N2O3/c15-10-5-3-4-9(8-10)13-11-6-1-2-7-12(11)14(16)17/h3-5,8,13,15H,1-2,6-7H2/p-1. The smallest absolute Gasteiger partial charge is 0.265 e. The first-order chi connectivity index (χ1) is 8.16. The molecule has 0 saturated carbocycles.